The Hall–Kier alpha value is 0.460. The van der Waals surface area contributed by atoms with Gasteiger partial charge in [0, 0.05) is 38.5 Å². The first-order chi connectivity index (χ1) is 6.73. The van der Waals surface area contributed by atoms with Gasteiger partial charge in [0.15, 0.2) is 0 Å². The Labute approximate surface area is 89.1 Å². The predicted octanol–water partition coefficient (Wildman–Crippen LogP) is 1.12. The highest BCUT2D eigenvalue weighted by molar-refractivity contribution is 8.00. The van der Waals surface area contributed by atoms with Crippen molar-refractivity contribution in [3.05, 3.63) is 0 Å². The molecule has 4 nitrogen and oxygen atoms in total. The quantitative estimate of drug-likeness (QED) is 0.537. The lowest BCUT2D eigenvalue weighted by molar-refractivity contribution is 0.386. The van der Waals surface area contributed by atoms with E-state index in [0.29, 0.717) is 5.37 Å². The van der Waals surface area contributed by atoms with Crippen LogP contribution in [0.3, 0.4) is 0 Å². The SMILES string of the molecule is C[C@@H]1SCCN1P(=O)(N1CC1)N1CC1. The molecule has 3 aliphatic heterocycles. The minimum absolute atomic E-state index is 0.432. The van der Waals surface area contributed by atoms with E-state index < -0.39 is 7.59 Å². The van der Waals surface area contributed by atoms with Crippen LogP contribution in [0.25, 0.3) is 0 Å². The smallest absolute Gasteiger partial charge is 0.270 e. The summed E-state index contributed by atoms with van der Waals surface area (Å²) in [4.78, 5) is 0. The molecule has 1 atom stereocenters. The van der Waals surface area contributed by atoms with Gasteiger partial charge in [0.1, 0.15) is 0 Å². The molecule has 3 heterocycles. The highest BCUT2D eigenvalue weighted by Gasteiger charge is 2.53. The molecule has 3 saturated heterocycles. The summed E-state index contributed by atoms with van der Waals surface area (Å²) >= 11 is 1.92. The maximum atomic E-state index is 12.9. The Morgan fingerprint density at radius 2 is 1.71 bits per heavy atom. The van der Waals surface area contributed by atoms with Gasteiger partial charge in [0.2, 0.25) is 0 Å². The Morgan fingerprint density at radius 3 is 2.07 bits per heavy atom. The molecule has 0 bridgehead atoms. The van der Waals surface area contributed by atoms with E-state index in [1.54, 1.807) is 0 Å². The van der Waals surface area contributed by atoms with E-state index in [4.69, 9.17) is 0 Å². The van der Waals surface area contributed by atoms with E-state index >= 15 is 0 Å². The molecule has 0 aromatic rings. The van der Waals surface area contributed by atoms with Crippen molar-refractivity contribution in [2.24, 2.45) is 0 Å². The van der Waals surface area contributed by atoms with Gasteiger partial charge in [0.25, 0.3) is 7.59 Å². The van der Waals surface area contributed by atoms with Crippen molar-refractivity contribution >= 4 is 19.4 Å². The van der Waals surface area contributed by atoms with Crippen molar-refractivity contribution in [1.82, 2.24) is 14.0 Å². The summed E-state index contributed by atoms with van der Waals surface area (Å²) in [6.45, 7) is 7.29. The van der Waals surface area contributed by atoms with Crippen molar-refractivity contribution in [3.63, 3.8) is 0 Å². The van der Waals surface area contributed by atoms with Crippen LogP contribution in [0.4, 0.5) is 0 Å². The van der Waals surface area contributed by atoms with Gasteiger partial charge in [-0.2, -0.15) is 0 Å². The van der Waals surface area contributed by atoms with Crippen LogP contribution >= 0.6 is 19.4 Å². The molecule has 80 valence electrons. The van der Waals surface area contributed by atoms with Crippen LogP contribution < -0.4 is 0 Å². The minimum atomic E-state index is -2.27. The molecule has 3 aliphatic rings. The van der Waals surface area contributed by atoms with Crippen LogP contribution in [0.1, 0.15) is 6.92 Å². The molecule has 14 heavy (non-hydrogen) atoms. The third kappa shape index (κ3) is 1.38. The first-order valence-corrected chi connectivity index (χ1v) is 7.84. The fraction of sp³-hybridized carbons (Fsp3) is 1.00. The molecule has 0 N–H and O–H groups in total. The summed E-state index contributed by atoms with van der Waals surface area (Å²) in [6.07, 6.45) is 0. The highest BCUT2D eigenvalue weighted by Crippen LogP contribution is 2.65. The third-order valence-electron chi connectivity index (χ3n) is 3.02. The standard InChI is InChI=1S/C8H16N3OPS/c1-8-11(6-7-14-8)13(12,9-2-3-9)10-4-5-10/h8H,2-7H2,1H3/t8-/m0/s1. The first kappa shape index (κ1) is 9.67. The summed E-state index contributed by atoms with van der Waals surface area (Å²) < 4.78 is 19.5. The van der Waals surface area contributed by atoms with Crippen molar-refractivity contribution in [1.29, 1.82) is 0 Å². The van der Waals surface area contributed by atoms with Crippen LogP contribution in [0.5, 0.6) is 0 Å². The molecule has 3 rings (SSSR count). The molecule has 6 heteroatoms. The largest absolute Gasteiger partial charge is 0.288 e. The van der Waals surface area contributed by atoms with Gasteiger partial charge in [-0.15, -0.1) is 11.8 Å². The van der Waals surface area contributed by atoms with Crippen molar-refractivity contribution in [2.45, 2.75) is 12.3 Å². The van der Waals surface area contributed by atoms with Gasteiger partial charge in [0.05, 0.1) is 5.37 Å². The van der Waals surface area contributed by atoms with Crippen molar-refractivity contribution in [3.8, 4) is 0 Å². The second kappa shape index (κ2) is 3.22. The molecule has 0 aliphatic carbocycles. The number of rotatable bonds is 3. The zero-order valence-corrected chi connectivity index (χ0v) is 10.1. The molecule has 0 radical (unpaired) electrons. The van der Waals surface area contributed by atoms with Crippen LogP contribution in [-0.4, -0.2) is 57.9 Å². The number of thioether (sulfide) groups is 1. The van der Waals surface area contributed by atoms with Crippen LogP contribution in [0, 0.1) is 0 Å². The summed E-state index contributed by atoms with van der Waals surface area (Å²) in [5, 5.41) is 0.432. The second-order valence-electron chi connectivity index (χ2n) is 4.05. The Morgan fingerprint density at radius 1 is 1.14 bits per heavy atom. The normalized spacial score (nSPS) is 35.1. The Kier molecular flexibility index (Phi) is 2.23. The van der Waals surface area contributed by atoms with Gasteiger partial charge in [-0.25, -0.2) is 14.0 Å². The monoisotopic (exact) mass is 233 g/mol. The minimum Gasteiger partial charge on any atom is -0.270 e. The lowest BCUT2D eigenvalue weighted by Crippen LogP contribution is -2.29. The summed E-state index contributed by atoms with van der Waals surface area (Å²) in [6, 6.07) is 0. The number of hydrogen-bond donors (Lipinski definition) is 0. The molecule has 0 aromatic heterocycles. The van der Waals surface area contributed by atoms with E-state index in [1.807, 2.05) is 11.8 Å². The Balaban J connectivity index is 1.86. The lowest BCUT2D eigenvalue weighted by atomic mass is 10.7. The zero-order chi connectivity index (χ0) is 9.76. The molecule has 0 spiro atoms. The maximum Gasteiger partial charge on any atom is 0.288 e. The average molecular weight is 233 g/mol. The zero-order valence-electron chi connectivity index (χ0n) is 8.43. The van der Waals surface area contributed by atoms with Crippen molar-refractivity contribution < 1.29 is 4.57 Å². The van der Waals surface area contributed by atoms with E-state index in [0.717, 1.165) is 38.5 Å². The molecule has 0 unspecified atom stereocenters. The summed E-state index contributed by atoms with van der Waals surface area (Å²) in [5.41, 5.74) is 0. The molecule has 3 fully saturated rings. The van der Waals surface area contributed by atoms with Crippen LogP contribution in [-0.2, 0) is 4.57 Å². The van der Waals surface area contributed by atoms with E-state index in [-0.39, 0.29) is 0 Å². The van der Waals surface area contributed by atoms with Gasteiger partial charge in [-0.05, 0) is 6.92 Å². The fourth-order valence-corrected chi connectivity index (χ4v) is 6.68. The molecule has 0 amide bonds. The number of nitrogens with zero attached hydrogens (tertiary/aromatic N) is 3. The van der Waals surface area contributed by atoms with Crippen LogP contribution in [0.2, 0.25) is 0 Å². The maximum absolute atomic E-state index is 12.9. The fourth-order valence-electron chi connectivity index (χ4n) is 2.04. The topological polar surface area (TPSA) is 26.3 Å². The summed E-state index contributed by atoms with van der Waals surface area (Å²) in [7, 11) is -2.27. The van der Waals surface area contributed by atoms with E-state index in [2.05, 4.69) is 20.9 Å². The van der Waals surface area contributed by atoms with Gasteiger partial charge >= 0.3 is 0 Å². The molecular formula is C8H16N3OPS. The number of hydrogen-bond acceptors (Lipinski definition) is 2. The van der Waals surface area contributed by atoms with Gasteiger partial charge < -0.3 is 0 Å². The predicted molar refractivity (Wildman–Crippen MR) is 59.4 cm³/mol. The molecule has 0 saturated carbocycles. The highest BCUT2D eigenvalue weighted by atomic mass is 32.2. The second-order valence-corrected chi connectivity index (χ2v) is 8.15. The molecule has 0 aromatic carbocycles. The third-order valence-corrected chi connectivity index (χ3v) is 7.82. The van der Waals surface area contributed by atoms with Gasteiger partial charge in [-0.1, -0.05) is 0 Å². The van der Waals surface area contributed by atoms with Crippen LogP contribution in [0.15, 0.2) is 0 Å². The van der Waals surface area contributed by atoms with Crippen molar-refractivity contribution in [2.75, 3.05) is 38.5 Å². The molecular weight excluding hydrogens is 217 g/mol. The lowest BCUT2D eigenvalue weighted by Gasteiger charge is -2.31. The van der Waals surface area contributed by atoms with Gasteiger partial charge in [-0.3, -0.25) is 4.57 Å². The summed E-state index contributed by atoms with van der Waals surface area (Å²) in [5.74, 6) is 1.13. The van der Waals surface area contributed by atoms with E-state index in [1.165, 1.54) is 0 Å². The Bertz CT molecular complexity index is 276. The average Bonchev–Trinajstić information content (AvgIpc) is 3.00. The van der Waals surface area contributed by atoms with E-state index in [9.17, 15) is 4.57 Å². The first-order valence-electron chi connectivity index (χ1n) is 5.22.